The van der Waals surface area contributed by atoms with Gasteiger partial charge in [0.15, 0.2) is 0 Å². The summed E-state index contributed by atoms with van der Waals surface area (Å²) in [4.78, 5) is 2.23. The van der Waals surface area contributed by atoms with Crippen LogP contribution in [0, 0.1) is 0 Å². The lowest BCUT2D eigenvalue weighted by Gasteiger charge is -2.27. The van der Waals surface area contributed by atoms with Gasteiger partial charge in [0.2, 0.25) is 0 Å². The van der Waals surface area contributed by atoms with Crippen molar-refractivity contribution in [2.24, 2.45) is 0 Å². The van der Waals surface area contributed by atoms with Crippen LogP contribution < -0.4 is 10.0 Å². The van der Waals surface area contributed by atoms with Crippen molar-refractivity contribution >= 4 is 11.3 Å². The first kappa shape index (κ1) is 10.1. The first-order valence-electron chi connectivity index (χ1n) is 4.05. The molecule has 0 amide bonds. The predicted molar refractivity (Wildman–Crippen MR) is 46.2 cm³/mol. The summed E-state index contributed by atoms with van der Waals surface area (Å²) >= 11 is -2.11. The van der Waals surface area contributed by atoms with Crippen molar-refractivity contribution in [2.45, 2.75) is 0 Å². The number of rotatable bonds is 4. The monoisotopic (exact) mass is 192 g/mol. The summed E-state index contributed by atoms with van der Waals surface area (Å²) in [6.07, 6.45) is 0. The SMILES string of the molecule is O=S([O-])NCCN1CCNCC1. The van der Waals surface area contributed by atoms with E-state index in [1.807, 2.05) is 0 Å². The van der Waals surface area contributed by atoms with E-state index in [1.165, 1.54) is 0 Å². The van der Waals surface area contributed by atoms with Crippen LogP contribution in [0.2, 0.25) is 0 Å². The Bertz CT molecular complexity index is 150. The number of hydrogen-bond donors (Lipinski definition) is 2. The third-order valence-corrected chi connectivity index (χ3v) is 2.30. The topological polar surface area (TPSA) is 67.4 Å². The fraction of sp³-hybridized carbons (Fsp3) is 1.00. The van der Waals surface area contributed by atoms with Gasteiger partial charge in [0.25, 0.3) is 0 Å². The molecule has 2 N–H and O–H groups in total. The van der Waals surface area contributed by atoms with Crippen molar-refractivity contribution in [1.82, 2.24) is 14.9 Å². The smallest absolute Gasteiger partial charge is 0.0199 e. The largest absolute Gasteiger partial charge is 0.760 e. The predicted octanol–water partition coefficient (Wildman–Crippen LogP) is -1.72. The molecule has 0 aromatic carbocycles. The minimum atomic E-state index is -2.11. The first-order valence-corrected chi connectivity index (χ1v) is 5.12. The molecule has 0 saturated carbocycles. The molecule has 1 atom stereocenters. The molecule has 1 unspecified atom stereocenters. The van der Waals surface area contributed by atoms with Gasteiger partial charge in [-0.05, 0) is 0 Å². The van der Waals surface area contributed by atoms with Crippen molar-refractivity contribution in [3.05, 3.63) is 0 Å². The van der Waals surface area contributed by atoms with Crippen LogP contribution in [0.5, 0.6) is 0 Å². The normalized spacial score (nSPS) is 22.4. The van der Waals surface area contributed by atoms with Crippen molar-refractivity contribution in [1.29, 1.82) is 0 Å². The summed E-state index contributed by atoms with van der Waals surface area (Å²) < 4.78 is 22.5. The Hall–Kier alpha value is -0.0100. The molecular weight excluding hydrogens is 178 g/mol. The van der Waals surface area contributed by atoms with Crippen molar-refractivity contribution in [2.75, 3.05) is 39.3 Å². The lowest BCUT2D eigenvalue weighted by Crippen LogP contribution is -2.45. The molecule has 12 heavy (non-hydrogen) atoms. The van der Waals surface area contributed by atoms with Gasteiger partial charge in [0.05, 0.1) is 0 Å². The summed E-state index contributed by atoms with van der Waals surface area (Å²) in [7, 11) is 0. The maximum absolute atomic E-state index is 10.1. The molecule has 5 nitrogen and oxygen atoms in total. The second-order valence-corrected chi connectivity index (χ2v) is 3.48. The van der Waals surface area contributed by atoms with Crippen LogP contribution in [-0.2, 0) is 11.3 Å². The molecule has 1 saturated heterocycles. The number of piperazine rings is 1. The van der Waals surface area contributed by atoms with E-state index in [0.717, 1.165) is 32.7 Å². The van der Waals surface area contributed by atoms with E-state index in [2.05, 4.69) is 14.9 Å². The summed E-state index contributed by atoms with van der Waals surface area (Å²) in [5, 5.41) is 3.23. The zero-order valence-corrected chi connectivity index (χ0v) is 7.73. The molecule has 0 bridgehead atoms. The van der Waals surface area contributed by atoms with Crippen molar-refractivity contribution < 1.29 is 8.76 Å². The zero-order chi connectivity index (χ0) is 8.81. The van der Waals surface area contributed by atoms with E-state index in [9.17, 15) is 8.76 Å². The van der Waals surface area contributed by atoms with Gasteiger partial charge in [-0.15, -0.1) is 0 Å². The minimum Gasteiger partial charge on any atom is -0.760 e. The summed E-state index contributed by atoms with van der Waals surface area (Å²) in [5.41, 5.74) is 0. The maximum atomic E-state index is 10.1. The first-order chi connectivity index (χ1) is 5.79. The number of nitrogens with one attached hydrogen (secondary N) is 2. The second kappa shape index (κ2) is 5.60. The number of nitrogens with zero attached hydrogens (tertiary/aromatic N) is 1. The Kier molecular flexibility index (Phi) is 4.70. The Morgan fingerprint density at radius 1 is 1.50 bits per heavy atom. The Balaban J connectivity index is 2.01. The van der Waals surface area contributed by atoms with E-state index in [0.29, 0.717) is 6.54 Å². The fourth-order valence-electron chi connectivity index (χ4n) is 1.22. The van der Waals surface area contributed by atoms with Gasteiger partial charge in [-0.1, -0.05) is 0 Å². The van der Waals surface area contributed by atoms with Crippen LogP contribution in [-0.4, -0.2) is 52.9 Å². The molecule has 0 aromatic heterocycles. The van der Waals surface area contributed by atoms with E-state index in [-0.39, 0.29) is 0 Å². The van der Waals surface area contributed by atoms with Gasteiger partial charge in [-0.2, -0.15) is 0 Å². The average Bonchev–Trinajstić information content (AvgIpc) is 2.05. The maximum Gasteiger partial charge on any atom is 0.0199 e. The highest BCUT2D eigenvalue weighted by atomic mass is 32.2. The second-order valence-electron chi connectivity index (χ2n) is 2.72. The van der Waals surface area contributed by atoms with E-state index in [1.54, 1.807) is 0 Å². The standard InChI is InChI=1S/C6H15N3O2S/c10-12(11)8-3-6-9-4-1-7-2-5-9/h7-8H,1-6H2,(H,10,11)/p-1. The van der Waals surface area contributed by atoms with Crippen LogP contribution in [0.3, 0.4) is 0 Å². The van der Waals surface area contributed by atoms with E-state index < -0.39 is 11.3 Å². The van der Waals surface area contributed by atoms with Crippen molar-refractivity contribution in [3.8, 4) is 0 Å². The van der Waals surface area contributed by atoms with Gasteiger partial charge in [-0.25, -0.2) is 4.72 Å². The zero-order valence-electron chi connectivity index (χ0n) is 6.91. The molecule has 72 valence electrons. The Labute approximate surface area is 74.9 Å². The highest BCUT2D eigenvalue weighted by Crippen LogP contribution is 1.89. The average molecular weight is 192 g/mol. The molecule has 1 aliphatic heterocycles. The van der Waals surface area contributed by atoms with Crippen LogP contribution in [0.4, 0.5) is 0 Å². The van der Waals surface area contributed by atoms with Gasteiger partial charge >= 0.3 is 0 Å². The molecule has 1 aliphatic rings. The van der Waals surface area contributed by atoms with Crippen molar-refractivity contribution in [3.63, 3.8) is 0 Å². The molecule has 0 aromatic rings. The molecule has 0 radical (unpaired) electrons. The van der Waals surface area contributed by atoms with Gasteiger partial charge < -0.3 is 9.87 Å². The lowest BCUT2D eigenvalue weighted by molar-refractivity contribution is 0.245. The number of hydrogen-bond acceptors (Lipinski definition) is 4. The molecule has 0 spiro atoms. The molecule has 6 heteroatoms. The van der Waals surface area contributed by atoms with Gasteiger partial charge in [0.1, 0.15) is 0 Å². The highest BCUT2D eigenvalue weighted by Gasteiger charge is 2.07. The van der Waals surface area contributed by atoms with Gasteiger partial charge in [0, 0.05) is 50.5 Å². The van der Waals surface area contributed by atoms with E-state index in [4.69, 9.17) is 0 Å². The summed E-state index contributed by atoms with van der Waals surface area (Å²) in [6.45, 7) is 5.33. The van der Waals surface area contributed by atoms with Crippen LogP contribution in [0.25, 0.3) is 0 Å². The third-order valence-electron chi connectivity index (χ3n) is 1.86. The molecule has 1 heterocycles. The Morgan fingerprint density at radius 2 is 2.17 bits per heavy atom. The minimum absolute atomic E-state index is 0.510. The van der Waals surface area contributed by atoms with Crippen LogP contribution in [0.1, 0.15) is 0 Å². The fourth-order valence-corrected chi connectivity index (χ4v) is 1.48. The highest BCUT2D eigenvalue weighted by molar-refractivity contribution is 7.77. The quantitative estimate of drug-likeness (QED) is 0.520. The van der Waals surface area contributed by atoms with Gasteiger partial charge in [-0.3, -0.25) is 9.11 Å². The molecule has 1 rings (SSSR count). The van der Waals surface area contributed by atoms with Crippen LogP contribution >= 0.6 is 0 Å². The van der Waals surface area contributed by atoms with E-state index >= 15 is 0 Å². The molecule has 0 aliphatic carbocycles. The molecular formula is C6H14N3O2S-. The van der Waals surface area contributed by atoms with Crippen LogP contribution in [0.15, 0.2) is 0 Å². The summed E-state index contributed by atoms with van der Waals surface area (Å²) in [5.74, 6) is 0. The summed E-state index contributed by atoms with van der Waals surface area (Å²) in [6, 6.07) is 0. The Morgan fingerprint density at radius 3 is 2.75 bits per heavy atom. The molecule has 1 fully saturated rings. The lowest BCUT2D eigenvalue weighted by atomic mass is 10.3. The third kappa shape index (κ3) is 4.13.